The fraction of sp³-hybridized carbons (Fsp3) is 0.618. The molecular weight excluding hydrogens is 502 g/mol. The summed E-state index contributed by atoms with van der Waals surface area (Å²) in [6, 6.07) is 12.9. The van der Waals surface area contributed by atoms with E-state index in [0.29, 0.717) is 23.9 Å². The number of hydrogen-bond donors (Lipinski definition) is 1. The summed E-state index contributed by atoms with van der Waals surface area (Å²) in [5, 5.41) is 3.78. The zero-order valence-corrected chi connectivity index (χ0v) is 25.0. The van der Waals surface area contributed by atoms with Gasteiger partial charge in [-0.2, -0.15) is 0 Å². The predicted octanol–water partition coefficient (Wildman–Crippen LogP) is 8.65. The number of unbranched alkanes of at least 4 members (excludes halogenated alkanes) is 4. The molecule has 3 unspecified atom stereocenters. The molecule has 1 heterocycles. The topological polar surface area (TPSA) is 33.1 Å². The summed E-state index contributed by atoms with van der Waals surface area (Å²) in [6.45, 7) is 10.9. The number of imidazole rings is 1. The van der Waals surface area contributed by atoms with E-state index in [1.165, 1.54) is 62.9 Å². The highest BCUT2D eigenvalue weighted by Gasteiger charge is 2.29. The molecule has 0 saturated heterocycles. The van der Waals surface area contributed by atoms with Crippen LogP contribution in [0.1, 0.15) is 102 Å². The van der Waals surface area contributed by atoms with Gasteiger partial charge in [0, 0.05) is 18.7 Å². The van der Waals surface area contributed by atoms with Crippen LogP contribution < -0.4 is 5.32 Å². The first-order valence-electron chi connectivity index (χ1n) is 15.9. The molecule has 40 heavy (non-hydrogen) atoms. The van der Waals surface area contributed by atoms with Crippen LogP contribution in [-0.2, 0) is 13.1 Å². The molecule has 1 N–H and O–H groups in total. The zero-order valence-electron chi connectivity index (χ0n) is 25.0. The molecule has 0 radical (unpaired) electrons. The van der Waals surface area contributed by atoms with Crippen molar-refractivity contribution in [2.75, 3.05) is 19.6 Å². The number of nitrogens with one attached hydrogen (secondary N) is 1. The van der Waals surface area contributed by atoms with Crippen molar-refractivity contribution in [3.05, 3.63) is 65.5 Å². The molecule has 3 aromatic rings. The van der Waals surface area contributed by atoms with Crippen molar-refractivity contribution in [3.63, 3.8) is 0 Å². The summed E-state index contributed by atoms with van der Waals surface area (Å²) >= 11 is 0. The maximum atomic E-state index is 14.7. The average molecular weight is 553 g/mol. The van der Waals surface area contributed by atoms with Crippen LogP contribution in [0, 0.1) is 23.5 Å². The van der Waals surface area contributed by atoms with E-state index in [-0.39, 0.29) is 6.04 Å². The second kappa shape index (κ2) is 15.6. The van der Waals surface area contributed by atoms with E-state index in [1.807, 2.05) is 0 Å². The Balaban J connectivity index is 1.57. The van der Waals surface area contributed by atoms with Crippen LogP contribution in [-0.4, -0.2) is 34.1 Å². The summed E-state index contributed by atoms with van der Waals surface area (Å²) in [5.41, 5.74) is 2.59. The monoisotopic (exact) mass is 552 g/mol. The van der Waals surface area contributed by atoms with E-state index in [4.69, 9.17) is 4.98 Å². The number of hydrogen-bond acceptors (Lipinski definition) is 3. The van der Waals surface area contributed by atoms with Crippen LogP contribution in [0.4, 0.5) is 8.78 Å². The second-order valence-electron chi connectivity index (χ2n) is 11.9. The summed E-state index contributed by atoms with van der Waals surface area (Å²) < 4.78 is 31.2. The zero-order chi connectivity index (χ0) is 28.3. The fourth-order valence-corrected chi connectivity index (χ4v) is 6.42. The summed E-state index contributed by atoms with van der Waals surface area (Å²) in [6.07, 6.45) is 12.3. The van der Waals surface area contributed by atoms with Crippen molar-refractivity contribution in [3.8, 4) is 0 Å². The number of halogens is 2. The van der Waals surface area contributed by atoms with Crippen molar-refractivity contribution in [2.24, 2.45) is 11.8 Å². The van der Waals surface area contributed by atoms with Crippen LogP contribution in [0.5, 0.6) is 0 Å². The standard InChI is InChI=1S/C34H50F2N4/c1-4-6-8-13-21-37-23-27-15-9-10-16-28(27)25-40-32-20-12-11-19-31(32)38-34(40)26(3)39(22-7-5-2)24-29-17-14-18-30(35)33(29)36/h11-12,14,17-20,26-28,37H,4-10,13,15-16,21-25H2,1-3H3. The summed E-state index contributed by atoms with van der Waals surface area (Å²) in [5.74, 6) is 0.782. The first-order chi connectivity index (χ1) is 19.5. The minimum Gasteiger partial charge on any atom is -0.326 e. The van der Waals surface area contributed by atoms with Crippen molar-refractivity contribution < 1.29 is 8.78 Å². The molecule has 1 aliphatic carbocycles. The molecule has 0 bridgehead atoms. The minimum absolute atomic E-state index is 0.0275. The van der Waals surface area contributed by atoms with Crippen LogP contribution in [0.25, 0.3) is 11.0 Å². The lowest BCUT2D eigenvalue weighted by molar-refractivity contribution is 0.173. The molecule has 4 rings (SSSR count). The van der Waals surface area contributed by atoms with Gasteiger partial charge in [-0.15, -0.1) is 0 Å². The highest BCUT2D eigenvalue weighted by Crippen LogP contribution is 2.34. The molecule has 3 atom stereocenters. The lowest BCUT2D eigenvalue weighted by atomic mass is 9.79. The van der Waals surface area contributed by atoms with Gasteiger partial charge in [-0.25, -0.2) is 13.8 Å². The van der Waals surface area contributed by atoms with Crippen LogP contribution in [0.15, 0.2) is 42.5 Å². The van der Waals surface area contributed by atoms with Crippen molar-refractivity contribution in [1.29, 1.82) is 0 Å². The Bertz CT molecular complexity index is 1180. The lowest BCUT2D eigenvalue weighted by Gasteiger charge is -2.34. The molecule has 6 heteroatoms. The third kappa shape index (κ3) is 7.91. The SMILES string of the molecule is CCCCCCNCC1CCCCC1Cn1c(C(C)N(CCCC)Cc2cccc(F)c2F)nc2ccccc21. The fourth-order valence-electron chi connectivity index (χ4n) is 6.42. The molecule has 1 saturated carbocycles. The highest BCUT2D eigenvalue weighted by atomic mass is 19.2. The summed E-state index contributed by atoms with van der Waals surface area (Å²) in [7, 11) is 0. The molecular formula is C34H50F2N4. The molecule has 1 aromatic heterocycles. The highest BCUT2D eigenvalue weighted by molar-refractivity contribution is 5.76. The smallest absolute Gasteiger partial charge is 0.163 e. The van der Waals surface area contributed by atoms with E-state index in [1.54, 1.807) is 12.1 Å². The summed E-state index contributed by atoms with van der Waals surface area (Å²) in [4.78, 5) is 7.43. The van der Waals surface area contributed by atoms with E-state index in [0.717, 1.165) is 50.4 Å². The third-order valence-electron chi connectivity index (χ3n) is 8.91. The van der Waals surface area contributed by atoms with Crippen molar-refractivity contribution >= 4 is 11.0 Å². The van der Waals surface area contributed by atoms with Gasteiger partial charge in [0.25, 0.3) is 0 Å². The number of rotatable bonds is 16. The average Bonchev–Trinajstić information content (AvgIpc) is 3.33. The van der Waals surface area contributed by atoms with E-state index < -0.39 is 11.6 Å². The Hall–Kier alpha value is -2.31. The van der Waals surface area contributed by atoms with Crippen molar-refractivity contribution in [1.82, 2.24) is 19.8 Å². The van der Waals surface area contributed by atoms with Crippen LogP contribution in [0.2, 0.25) is 0 Å². The first-order valence-corrected chi connectivity index (χ1v) is 15.9. The van der Waals surface area contributed by atoms with Gasteiger partial charge in [0.2, 0.25) is 0 Å². The number of nitrogens with zero attached hydrogens (tertiary/aromatic N) is 3. The Labute approximate surface area is 240 Å². The number of para-hydroxylation sites is 2. The van der Waals surface area contributed by atoms with Gasteiger partial charge in [0.1, 0.15) is 5.82 Å². The normalized spacial score (nSPS) is 18.6. The van der Waals surface area contributed by atoms with Crippen LogP contribution >= 0.6 is 0 Å². The van der Waals surface area contributed by atoms with Gasteiger partial charge in [-0.3, -0.25) is 4.90 Å². The Morgan fingerprint density at radius 3 is 2.52 bits per heavy atom. The molecule has 0 amide bonds. The van der Waals surface area contributed by atoms with Gasteiger partial charge in [0.05, 0.1) is 17.1 Å². The second-order valence-corrected chi connectivity index (χ2v) is 11.9. The van der Waals surface area contributed by atoms with Gasteiger partial charge in [-0.1, -0.05) is 76.6 Å². The van der Waals surface area contributed by atoms with Gasteiger partial charge in [0.15, 0.2) is 11.6 Å². The van der Waals surface area contributed by atoms with E-state index >= 15 is 0 Å². The quantitative estimate of drug-likeness (QED) is 0.181. The van der Waals surface area contributed by atoms with Crippen molar-refractivity contribution in [2.45, 2.75) is 104 Å². The van der Waals surface area contributed by atoms with Crippen LogP contribution in [0.3, 0.4) is 0 Å². The third-order valence-corrected chi connectivity index (χ3v) is 8.91. The minimum atomic E-state index is -0.782. The molecule has 220 valence electrons. The molecule has 0 aliphatic heterocycles. The molecule has 0 spiro atoms. The van der Waals surface area contributed by atoms with Gasteiger partial charge in [-0.05, 0) is 82.3 Å². The molecule has 4 nitrogen and oxygen atoms in total. The first kappa shape index (κ1) is 30.6. The number of aromatic nitrogens is 2. The van der Waals surface area contributed by atoms with E-state index in [9.17, 15) is 8.78 Å². The Morgan fingerprint density at radius 2 is 1.73 bits per heavy atom. The largest absolute Gasteiger partial charge is 0.326 e. The molecule has 1 fully saturated rings. The number of benzene rings is 2. The number of fused-ring (bicyclic) bond motifs is 1. The molecule has 2 aromatic carbocycles. The maximum Gasteiger partial charge on any atom is 0.163 e. The maximum absolute atomic E-state index is 14.7. The van der Waals surface area contributed by atoms with Gasteiger partial charge >= 0.3 is 0 Å². The predicted molar refractivity (Wildman–Crippen MR) is 162 cm³/mol. The Kier molecular flexibility index (Phi) is 12.0. The van der Waals surface area contributed by atoms with E-state index in [2.05, 4.69) is 59.8 Å². The Morgan fingerprint density at radius 1 is 0.950 bits per heavy atom. The molecule has 1 aliphatic rings. The van der Waals surface area contributed by atoms with Gasteiger partial charge < -0.3 is 9.88 Å². The lowest BCUT2D eigenvalue weighted by Crippen LogP contribution is -2.34.